The molecule has 0 unspecified atom stereocenters. The van der Waals surface area contributed by atoms with Crippen LogP contribution < -0.4 is 0 Å². The van der Waals surface area contributed by atoms with Crippen LogP contribution in [0.1, 0.15) is 43.0 Å². The predicted octanol–water partition coefficient (Wildman–Crippen LogP) is 4.49. The number of nitrogens with zero attached hydrogens (tertiary/aromatic N) is 2. The summed E-state index contributed by atoms with van der Waals surface area (Å²) in [5.74, 6) is 0.752. The van der Waals surface area contributed by atoms with Crippen molar-refractivity contribution in [3.05, 3.63) is 59.1 Å². The highest BCUT2D eigenvalue weighted by molar-refractivity contribution is 7.90. The van der Waals surface area contributed by atoms with Crippen LogP contribution in [0.25, 0.3) is 10.6 Å². The van der Waals surface area contributed by atoms with E-state index in [2.05, 4.69) is 5.16 Å². The number of thiophene rings is 1. The van der Waals surface area contributed by atoms with Crippen molar-refractivity contribution < 1.29 is 17.7 Å². The molecule has 4 rings (SSSR count). The molecule has 1 aromatic carbocycles. The molecular weight excluding hydrogens is 420 g/mol. The van der Waals surface area contributed by atoms with Crippen LogP contribution in [-0.4, -0.2) is 37.2 Å². The Kier molecular flexibility index (Phi) is 6.06. The Morgan fingerprint density at radius 2 is 2.00 bits per heavy atom. The molecule has 6 nitrogen and oxygen atoms in total. The van der Waals surface area contributed by atoms with Gasteiger partial charge >= 0.3 is 0 Å². The van der Waals surface area contributed by atoms with E-state index in [1.54, 1.807) is 35.6 Å². The lowest BCUT2D eigenvalue weighted by molar-refractivity contribution is -0.133. The van der Waals surface area contributed by atoms with Crippen molar-refractivity contribution in [2.24, 2.45) is 0 Å². The van der Waals surface area contributed by atoms with Gasteiger partial charge in [-0.25, -0.2) is 8.42 Å². The number of aromatic nitrogens is 1. The van der Waals surface area contributed by atoms with Gasteiger partial charge in [0.2, 0.25) is 5.91 Å². The first-order chi connectivity index (χ1) is 14.4. The van der Waals surface area contributed by atoms with E-state index in [1.807, 2.05) is 28.5 Å². The highest BCUT2D eigenvalue weighted by Crippen LogP contribution is 2.33. The van der Waals surface area contributed by atoms with Crippen LogP contribution >= 0.6 is 11.3 Å². The lowest BCUT2D eigenvalue weighted by atomic mass is 10.0. The van der Waals surface area contributed by atoms with Gasteiger partial charge in [0, 0.05) is 18.9 Å². The number of carbonyl (C=O) groups excluding carboxylic acids is 1. The number of amides is 1. The number of hydrogen-bond acceptors (Lipinski definition) is 6. The summed E-state index contributed by atoms with van der Waals surface area (Å²) in [5.41, 5.74) is 1.59. The van der Waals surface area contributed by atoms with Crippen molar-refractivity contribution in [2.45, 2.75) is 43.0 Å². The summed E-state index contributed by atoms with van der Waals surface area (Å²) in [5, 5.41) is 6.28. The summed E-state index contributed by atoms with van der Waals surface area (Å²) in [7, 11) is -3.25. The molecule has 0 radical (unpaired) electrons. The Bertz CT molecular complexity index is 1100. The summed E-state index contributed by atoms with van der Waals surface area (Å²) >= 11 is 1.59. The first-order valence-corrected chi connectivity index (χ1v) is 12.8. The van der Waals surface area contributed by atoms with Crippen LogP contribution in [0.3, 0.4) is 0 Å². The highest BCUT2D eigenvalue weighted by atomic mass is 32.2. The predicted molar refractivity (Wildman–Crippen MR) is 116 cm³/mol. The number of carbonyl (C=O) groups is 1. The molecule has 0 bridgehead atoms. The number of hydrogen-bond donors (Lipinski definition) is 0. The Morgan fingerprint density at radius 3 is 2.70 bits per heavy atom. The zero-order valence-electron chi connectivity index (χ0n) is 16.8. The monoisotopic (exact) mass is 444 g/mol. The van der Waals surface area contributed by atoms with E-state index in [0.717, 1.165) is 47.6 Å². The third-order valence-electron chi connectivity index (χ3n) is 5.41. The fourth-order valence-electron chi connectivity index (χ4n) is 3.83. The van der Waals surface area contributed by atoms with E-state index in [-0.39, 0.29) is 23.3 Å². The fraction of sp³-hybridized carbons (Fsp3) is 0.364. The van der Waals surface area contributed by atoms with Gasteiger partial charge in [0.05, 0.1) is 22.2 Å². The molecule has 1 atom stereocenters. The molecule has 8 heteroatoms. The second-order valence-corrected chi connectivity index (χ2v) is 10.6. The molecule has 1 saturated heterocycles. The van der Waals surface area contributed by atoms with Crippen molar-refractivity contribution in [3.8, 4) is 10.6 Å². The summed E-state index contributed by atoms with van der Waals surface area (Å²) in [6.45, 7) is 0.687. The Labute approximate surface area is 180 Å². The van der Waals surface area contributed by atoms with Crippen LogP contribution in [-0.2, 0) is 21.1 Å². The second kappa shape index (κ2) is 8.73. The lowest BCUT2D eigenvalue weighted by Gasteiger charge is -2.28. The van der Waals surface area contributed by atoms with Gasteiger partial charge in [0.15, 0.2) is 15.6 Å². The summed E-state index contributed by atoms with van der Waals surface area (Å²) in [6, 6.07) is 12.4. The van der Waals surface area contributed by atoms with Crippen LogP contribution in [0, 0.1) is 0 Å². The van der Waals surface area contributed by atoms with Crippen molar-refractivity contribution in [2.75, 3.05) is 12.8 Å². The molecule has 1 amide bonds. The van der Waals surface area contributed by atoms with Crippen molar-refractivity contribution in [1.29, 1.82) is 0 Å². The van der Waals surface area contributed by atoms with Crippen molar-refractivity contribution in [3.63, 3.8) is 0 Å². The average molecular weight is 445 g/mol. The van der Waals surface area contributed by atoms with Gasteiger partial charge in [-0.1, -0.05) is 36.2 Å². The molecule has 30 heavy (non-hydrogen) atoms. The van der Waals surface area contributed by atoms with Gasteiger partial charge < -0.3 is 9.42 Å². The Balaban J connectivity index is 1.53. The Morgan fingerprint density at radius 1 is 1.20 bits per heavy atom. The number of benzene rings is 1. The van der Waals surface area contributed by atoms with Gasteiger partial charge in [0.25, 0.3) is 0 Å². The second-order valence-electron chi connectivity index (χ2n) is 7.64. The molecular formula is C22H24N2O4S2. The normalized spacial score (nSPS) is 17.6. The zero-order chi connectivity index (χ0) is 21.1. The molecule has 158 valence electrons. The standard InChI is InChI=1S/C22H24N2O4S2/c1-30(26,27)17-10-8-16(9-11-17)14-22(25)24-12-4-2-3-6-19(24)18-15-20(28-23-18)21-7-5-13-29-21/h5,7-11,13,15,19H,2-4,6,12,14H2,1H3/t19-/m0/s1. The molecule has 0 aliphatic carbocycles. The van der Waals surface area contributed by atoms with Crippen LogP contribution in [0.15, 0.2) is 57.3 Å². The first kappa shape index (κ1) is 20.8. The molecule has 0 N–H and O–H groups in total. The zero-order valence-corrected chi connectivity index (χ0v) is 18.4. The van der Waals surface area contributed by atoms with E-state index < -0.39 is 9.84 Å². The third kappa shape index (κ3) is 4.65. The maximum absolute atomic E-state index is 13.2. The van der Waals surface area contributed by atoms with Crippen LogP contribution in [0.4, 0.5) is 0 Å². The topological polar surface area (TPSA) is 80.5 Å². The quantitative estimate of drug-likeness (QED) is 0.579. The van der Waals surface area contributed by atoms with Crippen LogP contribution in [0.5, 0.6) is 0 Å². The van der Waals surface area contributed by atoms with E-state index in [1.165, 1.54) is 6.26 Å². The number of rotatable bonds is 5. The minimum absolute atomic E-state index is 0.0229. The summed E-state index contributed by atoms with van der Waals surface area (Å²) < 4.78 is 28.9. The van der Waals surface area contributed by atoms with Gasteiger partial charge in [-0.05, 0) is 42.0 Å². The lowest BCUT2D eigenvalue weighted by Crippen LogP contribution is -2.36. The van der Waals surface area contributed by atoms with E-state index in [9.17, 15) is 13.2 Å². The fourth-order valence-corrected chi connectivity index (χ4v) is 5.13. The van der Waals surface area contributed by atoms with E-state index >= 15 is 0 Å². The third-order valence-corrected chi connectivity index (χ3v) is 7.43. The smallest absolute Gasteiger partial charge is 0.227 e. The van der Waals surface area contributed by atoms with Gasteiger partial charge in [-0.3, -0.25) is 4.79 Å². The number of sulfone groups is 1. The molecule has 1 aliphatic rings. The summed E-state index contributed by atoms with van der Waals surface area (Å²) in [4.78, 5) is 16.4. The molecule has 1 aliphatic heterocycles. The molecule has 3 aromatic rings. The molecule has 0 saturated carbocycles. The van der Waals surface area contributed by atoms with E-state index in [0.29, 0.717) is 6.54 Å². The van der Waals surface area contributed by atoms with Crippen LogP contribution in [0.2, 0.25) is 0 Å². The highest BCUT2D eigenvalue weighted by Gasteiger charge is 2.29. The minimum atomic E-state index is -3.25. The maximum Gasteiger partial charge on any atom is 0.227 e. The first-order valence-electron chi connectivity index (χ1n) is 10.0. The van der Waals surface area contributed by atoms with Gasteiger partial charge in [-0.2, -0.15) is 0 Å². The SMILES string of the molecule is CS(=O)(=O)c1ccc(CC(=O)N2CCCCC[C@H]2c2cc(-c3cccs3)on2)cc1. The maximum atomic E-state index is 13.2. The minimum Gasteiger partial charge on any atom is -0.355 e. The van der Waals surface area contributed by atoms with Gasteiger partial charge in [-0.15, -0.1) is 11.3 Å². The molecule has 0 spiro atoms. The molecule has 3 heterocycles. The van der Waals surface area contributed by atoms with Gasteiger partial charge in [0.1, 0.15) is 5.69 Å². The Hall–Kier alpha value is -2.45. The number of likely N-dealkylation sites (tertiary alicyclic amines) is 1. The molecule has 2 aromatic heterocycles. The summed E-state index contributed by atoms with van der Waals surface area (Å²) in [6.07, 6.45) is 5.35. The molecule has 1 fully saturated rings. The van der Waals surface area contributed by atoms with Crippen molar-refractivity contribution >= 4 is 27.1 Å². The van der Waals surface area contributed by atoms with Crippen molar-refractivity contribution in [1.82, 2.24) is 10.1 Å². The average Bonchev–Trinajstić information content (AvgIpc) is 3.35. The van der Waals surface area contributed by atoms with E-state index in [4.69, 9.17) is 4.52 Å². The largest absolute Gasteiger partial charge is 0.355 e.